The van der Waals surface area contributed by atoms with Gasteiger partial charge in [-0.1, -0.05) is 18.2 Å². The van der Waals surface area contributed by atoms with E-state index in [0.717, 1.165) is 0 Å². The van der Waals surface area contributed by atoms with Crippen molar-refractivity contribution in [3.63, 3.8) is 0 Å². The molecule has 2 N–H and O–H groups in total. The summed E-state index contributed by atoms with van der Waals surface area (Å²) in [5, 5.41) is 5.54. The van der Waals surface area contributed by atoms with E-state index >= 15 is 0 Å². The highest BCUT2D eigenvalue weighted by Gasteiger charge is 2.13. The predicted molar refractivity (Wildman–Crippen MR) is 115 cm³/mol. The molecule has 0 spiro atoms. The number of para-hydroxylation sites is 1. The fourth-order valence-corrected chi connectivity index (χ4v) is 2.67. The van der Waals surface area contributed by atoms with E-state index in [2.05, 4.69) is 10.6 Å². The van der Waals surface area contributed by atoms with Gasteiger partial charge in [0.2, 0.25) is 0 Å². The van der Waals surface area contributed by atoms with E-state index in [0.29, 0.717) is 34.2 Å². The Morgan fingerprint density at radius 3 is 2.13 bits per heavy atom. The highest BCUT2D eigenvalue weighted by molar-refractivity contribution is 6.04. The third-order valence-corrected chi connectivity index (χ3v) is 4.19. The molecule has 0 bridgehead atoms. The van der Waals surface area contributed by atoms with Gasteiger partial charge in [-0.2, -0.15) is 0 Å². The van der Waals surface area contributed by atoms with Crippen molar-refractivity contribution in [1.29, 1.82) is 0 Å². The predicted octanol–water partition coefficient (Wildman–Crippen LogP) is 3.97. The summed E-state index contributed by atoms with van der Waals surface area (Å²) < 4.78 is 16.0. The van der Waals surface area contributed by atoms with E-state index in [9.17, 15) is 9.59 Å². The summed E-state index contributed by atoms with van der Waals surface area (Å²) in [5.41, 5.74) is 1.73. The number of ether oxygens (including phenoxy) is 3. The van der Waals surface area contributed by atoms with Crippen LogP contribution in [-0.4, -0.2) is 32.6 Å². The number of rotatable bonds is 8. The van der Waals surface area contributed by atoms with Crippen molar-refractivity contribution in [2.75, 3.05) is 31.5 Å². The maximum Gasteiger partial charge on any atom is 0.262 e. The minimum atomic E-state index is -0.326. The quantitative estimate of drug-likeness (QED) is 0.591. The number of hydrogen-bond acceptors (Lipinski definition) is 5. The van der Waals surface area contributed by atoms with Crippen LogP contribution in [-0.2, 0) is 4.79 Å². The molecule has 30 heavy (non-hydrogen) atoms. The van der Waals surface area contributed by atoms with Gasteiger partial charge >= 0.3 is 0 Å². The number of amides is 2. The molecule has 0 saturated carbocycles. The molecule has 154 valence electrons. The Hall–Kier alpha value is -4.00. The minimum absolute atomic E-state index is 0.210. The summed E-state index contributed by atoms with van der Waals surface area (Å²) in [5.74, 6) is 0.813. The second-order valence-corrected chi connectivity index (χ2v) is 6.25. The number of hydrogen-bond donors (Lipinski definition) is 2. The fourth-order valence-electron chi connectivity index (χ4n) is 2.67. The standard InChI is InChI=1S/C23H22N2O5/c1-28-19-11-9-18(10-12-19)24-22(26)15-30-20-13-8-16(14-21(20)29-2)23(27)25-17-6-4-3-5-7-17/h3-14H,15H2,1-2H3,(H,24,26)(H,25,27). The number of methoxy groups -OCH3 is 2. The summed E-state index contributed by atoms with van der Waals surface area (Å²) >= 11 is 0. The second kappa shape index (κ2) is 9.97. The lowest BCUT2D eigenvalue weighted by atomic mass is 10.2. The van der Waals surface area contributed by atoms with Crippen molar-refractivity contribution in [3.05, 3.63) is 78.4 Å². The smallest absolute Gasteiger partial charge is 0.262 e. The summed E-state index contributed by atoms with van der Waals surface area (Å²) in [6, 6.07) is 20.9. The molecule has 0 aromatic heterocycles. The van der Waals surface area contributed by atoms with Crippen LogP contribution in [0.2, 0.25) is 0 Å². The Morgan fingerprint density at radius 2 is 1.47 bits per heavy atom. The summed E-state index contributed by atoms with van der Waals surface area (Å²) in [4.78, 5) is 24.6. The van der Waals surface area contributed by atoms with Crippen LogP contribution in [0.5, 0.6) is 17.2 Å². The highest BCUT2D eigenvalue weighted by atomic mass is 16.5. The molecule has 0 radical (unpaired) electrons. The summed E-state index contributed by atoms with van der Waals surface area (Å²) in [6.07, 6.45) is 0. The van der Waals surface area contributed by atoms with E-state index in [1.54, 1.807) is 61.7 Å². The lowest BCUT2D eigenvalue weighted by Gasteiger charge is -2.13. The normalized spacial score (nSPS) is 10.1. The number of anilines is 2. The van der Waals surface area contributed by atoms with Crippen LogP contribution in [0, 0.1) is 0 Å². The maximum atomic E-state index is 12.4. The first-order valence-corrected chi connectivity index (χ1v) is 9.20. The molecule has 0 unspecified atom stereocenters. The Morgan fingerprint density at radius 1 is 0.767 bits per heavy atom. The molecular formula is C23H22N2O5. The molecule has 7 nitrogen and oxygen atoms in total. The van der Waals surface area contributed by atoms with Crippen LogP contribution in [0.1, 0.15) is 10.4 Å². The Bertz CT molecular complexity index is 1000. The molecule has 0 saturated heterocycles. The Balaban J connectivity index is 1.60. The van der Waals surface area contributed by atoms with Crippen molar-refractivity contribution >= 4 is 23.2 Å². The second-order valence-electron chi connectivity index (χ2n) is 6.25. The van der Waals surface area contributed by atoms with Crippen LogP contribution < -0.4 is 24.8 Å². The van der Waals surface area contributed by atoms with Gasteiger partial charge in [-0.3, -0.25) is 9.59 Å². The first-order valence-electron chi connectivity index (χ1n) is 9.20. The first kappa shape index (κ1) is 20.7. The molecule has 3 rings (SSSR count). The third kappa shape index (κ3) is 5.51. The highest BCUT2D eigenvalue weighted by Crippen LogP contribution is 2.28. The van der Waals surface area contributed by atoms with Crippen LogP contribution in [0.3, 0.4) is 0 Å². The molecule has 0 aliphatic heterocycles. The molecule has 0 atom stereocenters. The molecule has 0 fully saturated rings. The number of benzene rings is 3. The van der Waals surface area contributed by atoms with Gasteiger partial charge < -0.3 is 24.8 Å². The van der Waals surface area contributed by atoms with Crippen molar-refractivity contribution in [1.82, 2.24) is 0 Å². The SMILES string of the molecule is COc1ccc(NC(=O)COc2ccc(C(=O)Nc3ccccc3)cc2OC)cc1. The molecular weight excluding hydrogens is 384 g/mol. The topological polar surface area (TPSA) is 85.9 Å². The van der Waals surface area contributed by atoms with Crippen LogP contribution in [0.15, 0.2) is 72.8 Å². The fraction of sp³-hybridized carbons (Fsp3) is 0.130. The average molecular weight is 406 g/mol. The van der Waals surface area contributed by atoms with E-state index in [1.165, 1.54) is 7.11 Å². The Kier molecular flexibility index (Phi) is 6.89. The zero-order valence-corrected chi connectivity index (χ0v) is 16.7. The molecule has 3 aromatic rings. The van der Waals surface area contributed by atoms with Gasteiger partial charge in [0, 0.05) is 16.9 Å². The van der Waals surface area contributed by atoms with E-state index < -0.39 is 0 Å². The molecule has 0 aliphatic carbocycles. The number of carbonyl (C=O) groups excluding carboxylic acids is 2. The van der Waals surface area contributed by atoms with E-state index in [1.807, 2.05) is 18.2 Å². The lowest BCUT2D eigenvalue weighted by molar-refractivity contribution is -0.118. The van der Waals surface area contributed by atoms with Gasteiger partial charge in [-0.15, -0.1) is 0 Å². The molecule has 0 heterocycles. The van der Waals surface area contributed by atoms with Gasteiger partial charge in [0.15, 0.2) is 18.1 Å². The summed E-state index contributed by atoms with van der Waals surface area (Å²) in [7, 11) is 3.05. The maximum absolute atomic E-state index is 12.4. The lowest BCUT2D eigenvalue weighted by Crippen LogP contribution is -2.20. The van der Waals surface area contributed by atoms with Gasteiger partial charge in [0.1, 0.15) is 5.75 Å². The van der Waals surface area contributed by atoms with Crippen molar-refractivity contribution in [3.8, 4) is 17.2 Å². The molecule has 0 aliphatic rings. The third-order valence-electron chi connectivity index (χ3n) is 4.19. The molecule has 3 aromatic carbocycles. The van der Waals surface area contributed by atoms with Crippen LogP contribution in [0.4, 0.5) is 11.4 Å². The number of nitrogens with one attached hydrogen (secondary N) is 2. The first-order chi connectivity index (χ1) is 14.6. The van der Waals surface area contributed by atoms with Crippen LogP contribution in [0.25, 0.3) is 0 Å². The zero-order valence-electron chi connectivity index (χ0n) is 16.7. The van der Waals surface area contributed by atoms with Gasteiger partial charge in [-0.25, -0.2) is 0 Å². The van der Waals surface area contributed by atoms with Gasteiger partial charge in [0.25, 0.3) is 11.8 Å². The van der Waals surface area contributed by atoms with Gasteiger partial charge in [0.05, 0.1) is 14.2 Å². The molecule has 7 heteroatoms. The zero-order chi connectivity index (χ0) is 21.3. The largest absolute Gasteiger partial charge is 0.497 e. The molecule has 2 amide bonds. The van der Waals surface area contributed by atoms with E-state index in [-0.39, 0.29) is 18.4 Å². The van der Waals surface area contributed by atoms with Gasteiger partial charge in [-0.05, 0) is 54.6 Å². The monoisotopic (exact) mass is 406 g/mol. The minimum Gasteiger partial charge on any atom is -0.497 e. The van der Waals surface area contributed by atoms with Crippen molar-refractivity contribution in [2.24, 2.45) is 0 Å². The van der Waals surface area contributed by atoms with Crippen molar-refractivity contribution < 1.29 is 23.8 Å². The van der Waals surface area contributed by atoms with E-state index in [4.69, 9.17) is 14.2 Å². The van der Waals surface area contributed by atoms with Crippen LogP contribution >= 0.6 is 0 Å². The Labute approximate surface area is 174 Å². The number of carbonyl (C=O) groups is 2. The average Bonchev–Trinajstić information content (AvgIpc) is 2.78. The summed E-state index contributed by atoms with van der Waals surface area (Å²) in [6.45, 7) is -0.210. The van der Waals surface area contributed by atoms with Crippen molar-refractivity contribution in [2.45, 2.75) is 0 Å².